The molecule has 1 saturated heterocycles. The van der Waals surface area contributed by atoms with Crippen LogP contribution in [-0.2, 0) is 17.8 Å². The molecule has 2 atom stereocenters. The molecule has 0 radical (unpaired) electrons. The predicted octanol–water partition coefficient (Wildman–Crippen LogP) is 3.85. The number of rotatable bonds is 1. The summed E-state index contributed by atoms with van der Waals surface area (Å²) in [5.74, 6) is -0.821. The fraction of sp³-hybridized carbons (Fsp3) is 0.368. The molecule has 2 aromatic carbocycles. The first-order chi connectivity index (χ1) is 12.0. The highest BCUT2D eigenvalue weighted by Crippen LogP contribution is 2.29. The van der Waals surface area contributed by atoms with Crippen molar-refractivity contribution in [2.75, 3.05) is 13.2 Å². The van der Waals surface area contributed by atoms with Gasteiger partial charge < -0.3 is 10.5 Å². The molecule has 0 aromatic heterocycles. The third-order valence-electron chi connectivity index (χ3n) is 4.45. The second-order valence-corrected chi connectivity index (χ2v) is 7.36. The highest BCUT2D eigenvalue weighted by atomic mass is 79.9. The van der Waals surface area contributed by atoms with Gasteiger partial charge in [0.1, 0.15) is 11.6 Å². The molecule has 0 bridgehead atoms. The SMILES string of the molecule is Fc1ccc(F)cc1.NC1COCC(N2Cc3ccc(Br)cc3C2)C1. The van der Waals surface area contributed by atoms with Crippen LogP contribution < -0.4 is 5.73 Å². The van der Waals surface area contributed by atoms with E-state index in [0.29, 0.717) is 12.6 Å². The number of halogens is 3. The summed E-state index contributed by atoms with van der Waals surface area (Å²) < 4.78 is 30.6. The third kappa shape index (κ3) is 5.07. The standard InChI is InChI=1S/C13H17BrN2O.C6H4F2/c14-11-2-1-9-5-16(6-10(9)3-11)13-4-12(15)7-17-8-13;7-5-1-2-6(8)4-3-5/h1-3,12-13H,4-8,15H2;1-4H. The molecule has 4 rings (SSSR count). The molecule has 3 nitrogen and oxygen atoms in total. The van der Waals surface area contributed by atoms with Crippen molar-refractivity contribution in [2.24, 2.45) is 5.73 Å². The fourth-order valence-electron chi connectivity index (χ4n) is 3.17. The van der Waals surface area contributed by atoms with Gasteiger partial charge in [-0.15, -0.1) is 0 Å². The maximum absolute atomic E-state index is 11.9. The zero-order chi connectivity index (χ0) is 17.8. The molecule has 2 aliphatic rings. The highest BCUT2D eigenvalue weighted by molar-refractivity contribution is 9.10. The van der Waals surface area contributed by atoms with Crippen molar-refractivity contribution in [3.05, 3.63) is 69.7 Å². The van der Waals surface area contributed by atoms with Crippen LogP contribution in [-0.4, -0.2) is 30.2 Å². The van der Waals surface area contributed by atoms with Crippen molar-refractivity contribution in [3.63, 3.8) is 0 Å². The fourth-order valence-corrected chi connectivity index (χ4v) is 3.58. The number of fused-ring (bicyclic) bond motifs is 1. The van der Waals surface area contributed by atoms with Crippen molar-refractivity contribution >= 4 is 15.9 Å². The maximum atomic E-state index is 11.9. The Balaban J connectivity index is 0.000000192. The Hall–Kier alpha value is -1.34. The number of nitrogens with two attached hydrogens (primary N) is 1. The van der Waals surface area contributed by atoms with Crippen molar-refractivity contribution in [2.45, 2.75) is 31.6 Å². The molecule has 0 aliphatic carbocycles. The van der Waals surface area contributed by atoms with E-state index in [1.54, 1.807) is 0 Å². The molecular formula is C19H21BrF2N2O. The van der Waals surface area contributed by atoms with Gasteiger partial charge in [0.15, 0.2) is 0 Å². The Morgan fingerprint density at radius 1 is 0.960 bits per heavy atom. The molecule has 0 saturated carbocycles. The van der Waals surface area contributed by atoms with Gasteiger partial charge in [-0.25, -0.2) is 8.78 Å². The first-order valence-electron chi connectivity index (χ1n) is 8.27. The van der Waals surface area contributed by atoms with Crippen LogP contribution in [0.15, 0.2) is 46.9 Å². The van der Waals surface area contributed by atoms with Gasteiger partial charge in [0.25, 0.3) is 0 Å². The summed E-state index contributed by atoms with van der Waals surface area (Å²) >= 11 is 3.53. The van der Waals surface area contributed by atoms with Crippen LogP contribution in [0.4, 0.5) is 8.78 Å². The summed E-state index contributed by atoms with van der Waals surface area (Å²) in [4.78, 5) is 2.48. The van der Waals surface area contributed by atoms with E-state index in [4.69, 9.17) is 10.5 Å². The van der Waals surface area contributed by atoms with Crippen LogP contribution in [0.3, 0.4) is 0 Å². The molecule has 0 amide bonds. The lowest BCUT2D eigenvalue weighted by molar-refractivity contribution is 0.00549. The van der Waals surface area contributed by atoms with Gasteiger partial charge in [0.2, 0.25) is 0 Å². The molecular weight excluding hydrogens is 390 g/mol. The van der Waals surface area contributed by atoms with Crippen LogP contribution in [0.25, 0.3) is 0 Å². The summed E-state index contributed by atoms with van der Waals surface area (Å²) in [6.07, 6.45) is 1.05. The van der Waals surface area contributed by atoms with E-state index in [2.05, 4.69) is 39.0 Å². The van der Waals surface area contributed by atoms with E-state index in [1.165, 1.54) is 11.1 Å². The van der Waals surface area contributed by atoms with Crippen molar-refractivity contribution in [3.8, 4) is 0 Å². The molecule has 2 heterocycles. The van der Waals surface area contributed by atoms with Crippen LogP contribution in [0, 0.1) is 11.6 Å². The zero-order valence-corrected chi connectivity index (χ0v) is 15.4. The number of hydrogen-bond donors (Lipinski definition) is 1. The molecule has 1 fully saturated rings. The van der Waals surface area contributed by atoms with Crippen molar-refractivity contribution in [1.29, 1.82) is 0 Å². The number of nitrogens with zero attached hydrogens (tertiary/aromatic N) is 1. The Bertz CT molecular complexity index is 690. The van der Waals surface area contributed by atoms with Gasteiger partial charge in [0, 0.05) is 29.6 Å². The Morgan fingerprint density at radius 2 is 1.60 bits per heavy atom. The Morgan fingerprint density at radius 3 is 2.24 bits per heavy atom. The monoisotopic (exact) mass is 410 g/mol. The van der Waals surface area contributed by atoms with E-state index in [9.17, 15) is 8.78 Å². The van der Waals surface area contributed by atoms with Crippen LogP contribution >= 0.6 is 15.9 Å². The lowest BCUT2D eigenvalue weighted by Crippen LogP contribution is -2.46. The van der Waals surface area contributed by atoms with Crippen molar-refractivity contribution in [1.82, 2.24) is 4.90 Å². The lowest BCUT2D eigenvalue weighted by Gasteiger charge is -2.33. The van der Waals surface area contributed by atoms with E-state index < -0.39 is 11.6 Å². The Labute approximate surface area is 154 Å². The first-order valence-corrected chi connectivity index (χ1v) is 9.06. The zero-order valence-electron chi connectivity index (χ0n) is 13.8. The van der Waals surface area contributed by atoms with Crippen LogP contribution in [0.2, 0.25) is 0 Å². The van der Waals surface area contributed by atoms with Gasteiger partial charge in [-0.3, -0.25) is 4.90 Å². The summed E-state index contributed by atoms with van der Waals surface area (Å²) in [5, 5.41) is 0. The molecule has 0 spiro atoms. The van der Waals surface area contributed by atoms with Crippen LogP contribution in [0.1, 0.15) is 17.5 Å². The largest absolute Gasteiger partial charge is 0.378 e. The summed E-state index contributed by atoms with van der Waals surface area (Å²) in [6, 6.07) is 11.5. The van der Waals surface area contributed by atoms with Gasteiger partial charge in [0.05, 0.1) is 13.2 Å². The topological polar surface area (TPSA) is 38.5 Å². The maximum Gasteiger partial charge on any atom is 0.123 e. The van der Waals surface area contributed by atoms with Gasteiger partial charge >= 0.3 is 0 Å². The minimum absolute atomic E-state index is 0.198. The third-order valence-corrected chi connectivity index (χ3v) is 4.95. The number of benzene rings is 2. The molecule has 2 N–H and O–H groups in total. The molecule has 25 heavy (non-hydrogen) atoms. The molecule has 6 heteroatoms. The van der Waals surface area contributed by atoms with Gasteiger partial charge in [-0.05, 0) is 53.9 Å². The normalized spacial score (nSPS) is 22.9. The van der Waals surface area contributed by atoms with Crippen LogP contribution in [0.5, 0.6) is 0 Å². The summed E-state index contributed by atoms with van der Waals surface area (Å²) in [5.41, 5.74) is 8.83. The smallest absolute Gasteiger partial charge is 0.123 e. The van der Waals surface area contributed by atoms with E-state index in [0.717, 1.165) is 54.9 Å². The number of hydrogen-bond acceptors (Lipinski definition) is 3. The minimum Gasteiger partial charge on any atom is -0.378 e. The second kappa shape index (κ2) is 8.36. The quantitative estimate of drug-likeness (QED) is 0.775. The molecule has 134 valence electrons. The Kier molecular flexibility index (Phi) is 6.17. The predicted molar refractivity (Wildman–Crippen MR) is 96.9 cm³/mol. The second-order valence-electron chi connectivity index (χ2n) is 6.44. The van der Waals surface area contributed by atoms with Gasteiger partial charge in [-0.1, -0.05) is 22.0 Å². The molecule has 2 aliphatic heterocycles. The average Bonchev–Trinajstić information content (AvgIpc) is 3.01. The first kappa shape index (κ1) is 18.5. The van der Waals surface area contributed by atoms with E-state index >= 15 is 0 Å². The minimum atomic E-state index is -0.411. The lowest BCUT2D eigenvalue weighted by atomic mass is 10.1. The van der Waals surface area contributed by atoms with E-state index in [-0.39, 0.29) is 6.04 Å². The summed E-state index contributed by atoms with van der Waals surface area (Å²) in [6.45, 7) is 3.59. The van der Waals surface area contributed by atoms with Gasteiger partial charge in [-0.2, -0.15) is 0 Å². The number of ether oxygens (including phenoxy) is 1. The average molecular weight is 411 g/mol. The molecule has 2 aromatic rings. The molecule has 2 unspecified atom stereocenters. The van der Waals surface area contributed by atoms with Crippen molar-refractivity contribution < 1.29 is 13.5 Å². The summed E-state index contributed by atoms with van der Waals surface area (Å²) in [7, 11) is 0. The highest BCUT2D eigenvalue weighted by Gasteiger charge is 2.29. The van der Waals surface area contributed by atoms with E-state index in [1.807, 2.05) is 0 Å².